The highest BCUT2D eigenvalue weighted by atomic mass is 16.5. The van der Waals surface area contributed by atoms with Gasteiger partial charge in [-0.15, -0.1) is 10.2 Å². The van der Waals surface area contributed by atoms with Crippen LogP contribution in [0, 0.1) is 0 Å². The van der Waals surface area contributed by atoms with E-state index in [4.69, 9.17) is 4.74 Å². The Morgan fingerprint density at radius 3 is 2.53 bits per heavy atom. The number of nitrogens with zero attached hydrogens (tertiary/aromatic N) is 4. The van der Waals surface area contributed by atoms with Crippen molar-refractivity contribution < 1.29 is 9.53 Å². The third-order valence-corrected chi connectivity index (χ3v) is 5.86. The molecule has 32 heavy (non-hydrogen) atoms. The zero-order chi connectivity index (χ0) is 22.3. The van der Waals surface area contributed by atoms with E-state index in [9.17, 15) is 4.79 Å². The molecule has 1 aromatic heterocycles. The van der Waals surface area contributed by atoms with Crippen molar-refractivity contribution in [2.75, 3.05) is 19.7 Å². The fraction of sp³-hybridized carbons (Fsp3) is 0.400. The van der Waals surface area contributed by atoms with Crippen LogP contribution in [0.1, 0.15) is 42.7 Å². The first kappa shape index (κ1) is 22.0. The van der Waals surface area contributed by atoms with Crippen LogP contribution >= 0.6 is 0 Å². The molecule has 0 saturated carbocycles. The van der Waals surface area contributed by atoms with Gasteiger partial charge in [0, 0.05) is 32.6 Å². The summed E-state index contributed by atoms with van der Waals surface area (Å²) in [6.45, 7) is 7.70. The molecule has 2 heterocycles. The predicted molar refractivity (Wildman–Crippen MR) is 123 cm³/mol. The minimum Gasteiger partial charge on any atom is -0.484 e. The van der Waals surface area contributed by atoms with E-state index < -0.39 is 0 Å². The summed E-state index contributed by atoms with van der Waals surface area (Å²) in [6, 6.07) is 18.0. The molecule has 1 aliphatic rings. The summed E-state index contributed by atoms with van der Waals surface area (Å²) in [7, 11) is 0. The first-order chi connectivity index (χ1) is 15.6. The average Bonchev–Trinajstić information content (AvgIpc) is 3.13. The number of carbonyl (C=O) groups excluding carboxylic acids is 1. The Bertz CT molecular complexity index is 1020. The Kier molecular flexibility index (Phi) is 7.17. The lowest BCUT2D eigenvalue weighted by Gasteiger charge is -2.20. The number of fused-ring (bicyclic) bond motifs is 1. The topological polar surface area (TPSA) is 72.3 Å². The number of nitrogens with one attached hydrogen (secondary N) is 1. The van der Waals surface area contributed by atoms with Crippen LogP contribution in [0.3, 0.4) is 0 Å². The summed E-state index contributed by atoms with van der Waals surface area (Å²) >= 11 is 0. The molecule has 4 rings (SSSR count). The average molecular weight is 434 g/mol. The maximum absolute atomic E-state index is 12.4. The van der Waals surface area contributed by atoms with Crippen LogP contribution < -0.4 is 10.1 Å². The summed E-state index contributed by atoms with van der Waals surface area (Å²) in [4.78, 5) is 14.8. The van der Waals surface area contributed by atoms with Gasteiger partial charge in [0.2, 0.25) is 0 Å². The SMILES string of the molecule is CCc1ccc(CN2CCc3nnc([C@H](C)NC(=O)COc4ccccc4)n3CC2)cc1. The summed E-state index contributed by atoms with van der Waals surface area (Å²) in [5.74, 6) is 2.27. The van der Waals surface area contributed by atoms with E-state index in [2.05, 4.69) is 56.2 Å². The molecular weight excluding hydrogens is 402 g/mol. The van der Waals surface area contributed by atoms with Gasteiger partial charge in [-0.25, -0.2) is 0 Å². The second kappa shape index (κ2) is 10.4. The molecule has 0 bridgehead atoms. The number of hydrogen-bond acceptors (Lipinski definition) is 5. The van der Waals surface area contributed by atoms with E-state index >= 15 is 0 Å². The second-order valence-corrected chi connectivity index (χ2v) is 8.21. The maximum atomic E-state index is 12.4. The molecule has 0 spiro atoms. The highest BCUT2D eigenvalue weighted by molar-refractivity contribution is 5.77. The maximum Gasteiger partial charge on any atom is 0.258 e. The van der Waals surface area contributed by atoms with E-state index in [1.165, 1.54) is 11.1 Å². The number of benzene rings is 2. The molecule has 0 radical (unpaired) electrons. The van der Waals surface area contributed by atoms with E-state index in [0.29, 0.717) is 5.75 Å². The molecule has 168 valence electrons. The summed E-state index contributed by atoms with van der Waals surface area (Å²) in [6.07, 6.45) is 1.91. The Balaban J connectivity index is 1.32. The zero-order valence-electron chi connectivity index (χ0n) is 18.8. The fourth-order valence-corrected chi connectivity index (χ4v) is 4.02. The number of para-hydroxylation sites is 1. The van der Waals surface area contributed by atoms with Crippen molar-refractivity contribution in [1.82, 2.24) is 25.0 Å². The number of hydrogen-bond donors (Lipinski definition) is 1. The van der Waals surface area contributed by atoms with Crippen molar-refractivity contribution in [3.63, 3.8) is 0 Å². The standard InChI is InChI=1S/C25H31N5O2/c1-3-20-9-11-21(12-10-20)17-29-14-13-23-27-28-25(30(23)16-15-29)19(2)26-24(31)18-32-22-7-5-4-6-8-22/h4-12,19H,3,13-18H2,1-2H3,(H,26,31)/t19-/m0/s1. The van der Waals surface area contributed by atoms with Crippen LogP contribution in [0.25, 0.3) is 0 Å². The molecular formula is C25H31N5O2. The molecule has 1 aliphatic heterocycles. The van der Waals surface area contributed by atoms with Crippen LogP contribution in [0.2, 0.25) is 0 Å². The lowest BCUT2D eigenvalue weighted by Crippen LogP contribution is -2.33. The van der Waals surface area contributed by atoms with Gasteiger partial charge in [-0.05, 0) is 36.6 Å². The first-order valence-electron chi connectivity index (χ1n) is 11.3. The molecule has 0 aliphatic carbocycles. The van der Waals surface area contributed by atoms with Crippen molar-refractivity contribution in [2.24, 2.45) is 0 Å². The van der Waals surface area contributed by atoms with Gasteiger partial charge in [0.15, 0.2) is 12.4 Å². The number of amides is 1. The Morgan fingerprint density at radius 2 is 1.78 bits per heavy atom. The van der Waals surface area contributed by atoms with Crippen LogP contribution in [0.5, 0.6) is 5.75 Å². The highest BCUT2D eigenvalue weighted by Crippen LogP contribution is 2.17. The molecule has 1 N–H and O–H groups in total. The molecule has 1 amide bonds. The number of ether oxygens (including phenoxy) is 1. The summed E-state index contributed by atoms with van der Waals surface area (Å²) in [5, 5.41) is 11.8. The monoisotopic (exact) mass is 433 g/mol. The molecule has 0 fully saturated rings. The quantitative estimate of drug-likeness (QED) is 0.591. The normalized spacial score (nSPS) is 14.9. The van der Waals surface area contributed by atoms with Gasteiger partial charge in [0.05, 0.1) is 6.04 Å². The molecule has 3 aromatic rings. The van der Waals surface area contributed by atoms with Crippen molar-refractivity contribution in [2.45, 2.75) is 45.8 Å². The van der Waals surface area contributed by atoms with Gasteiger partial charge in [-0.2, -0.15) is 0 Å². The molecule has 0 saturated heterocycles. The van der Waals surface area contributed by atoms with Gasteiger partial charge in [-0.1, -0.05) is 49.4 Å². The number of carbonyl (C=O) groups is 1. The van der Waals surface area contributed by atoms with E-state index in [-0.39, 0.29) is 18.6 Å². The Hall–Kier alpha value is -3.19. The minimum absolute atomic E-state index is 0.0278. The summed E-state index contributed by atoms with van der Waals surface area (Å²) < 4.78 is 7.70. The van der Waals surface area contributed by atoms with Crippen LogP contribution in [0.15, 0.2) is 54.6 Å². The van der Waals surface area contributed by atoms with E-state index in [1.807, 2.05) is 37.3 Å². The fourth-order valence-electron chi connectivity index (χ4n) is 4.02. The molecule has 7 nitrogen and oxygen atoms in total. The molecule has 7 heteroatoms. The van der Waals surface area contributed by atoms with Crippen molar-refractivity contribution in [3.05, 3.63) is 77.4 Å². The largest absolute Gasteiger partial charge is 0.484 e. The third kappa shape index (κ3) is 5.53. The lowest BCUT2D eigenvalue weighted by atomic mass is 10.1. The van der Waals surface area contributed by atoms with Crippen LogP contribution in [-0.2, 0) is 30.7 Å². The van der Waals surface area contributed by atoms with Crippen LogP contribution in [-0.4, -0.2) is 45.3 Å². The predicted octanol–water partition coefficient (Wildman–Crippen LogP) is 3.16. The molecule has 0 unspecified atom stereocenters. The lowest BCUT2D eigenvalue weighted by molar-refractivity contribution is -0.123. The number of rotatable bonds is 8. The minimum atomic E-state index is -0.240. The zero-order valence-corrected chi connectivity index (χ0v) is 18.8. The third-order valence-electron chi connectivity index (χ3n) is 5.86. The smallest absolute Gasteiger partial charge is 0.258 e. The Labute approximate surface area is 189 Å². The highest BCUT2D eigenvalue weighted by Gasteiger charge is 2.23. The number of aryl methyl sites for hydroxylation is 1. The molecule has 2 aromatic carbocycles. The van der Waals surface area contributed by atoms with E-state index in [1.54, 1.807) is 0 Å². The Morgan fingerprint density at radius 1 is 1.03 bits per heavy atom. The van der Waals surface area contributed by atoms with Gasteiger partial charge in [-0.3, -0.25) is 9.69 Å². The van der Waals surface area contributed by atoms with E-state index in [0.717, 1.165) is 50.7 Å². The van der Waals surface area contributed by atoms with Crippen molar-refractivity contribution in [3.8, 4) is 5.75 Å². The molecule has 1 atom stereocenters. The number of aromatic nitrogens is 3. The van der Waals surface area contributed by atoms with Gasteiger partial charge >= 0.3 is 0 Å². The van der Waals surface area contributed by atoms with Gasteiger partial charge in [0.25, 0.3) is 5.91 Å². The van der Waals surface area contributed by atoms with Gasteiger partial charge in [0.1, 0.15) is 11.6 Å². The second-order valence-electron chi connectivity index (χ2n) is 8.21. The van der Waals surface area contributed by atoms with Gasteiger partial charge < -0.3 is 14.6 Å². The first-order valence-corrected chi connectivity index (χ1v) is 11.3. The summed E-state index contributed by atoms with van der Waals surface area (Å²) in [5.41, 5.74) is 2.70. The van der Waals surface area contributed by atoms with Crippen molar-refractivity contribution in [1.29, 1.82) is 0 Å². The van der Waals surface area contributed by atoms with Crippen LogP contribution in [0.4, 0.5) is 0 Å². The van der Waals surface area contributed by atoms with Crippen molar-refractivity contribution >= 4 is 5.91 Å².